The minimum absolute atomic E-state index is 0.362. The van der Waals surface area contributed by atoms with Gasteiger partial charge in [0, 0.05) is 31.0 Å². The summed E-state index contributed by atoms with van der Waals surface area (Å²) in [6.07, 6.45) is 4.76. The van der Waals surface area contributed by atoms with Crippen molar-refractivity contribution in [2.24, 2.45) is 5.73 Å². The molecule has 2 aromatic carbocycles. The number of carbonyl (C=O) groups excluding carboxylic acids is 1. The first kappa shape index (κ1) is 22.3. The lowest BCUT2D eigenvalue weighted by atomic mass is 10.1. The predicted octanol–water partition coefficient (Wildman–Crippen LogP) is 5.44. The average Bonchev–Trinajstić information content (AvgIpc) is 2.76. The SMILES string of the molecule is CCCCN(CCc1ccc(Oc2ccc(C(N)=O)cn2)c(C)c1)c1cccc(C)c1. The van der Waals surface area contributed by atoms with E-state index in [0.717, 1.165) is 30.8 Å². The Hall–Kier alpha value is -3.34. The van der Waals surface area contributed by atoms with Gasteiger partial charge in [-0.05, 0) is 67.6 Å². The van der Waals surface area contributed by atoms with Crippen LogP contribution in [0.3, 0.4) is 0 Å². The molecule has 0 aliphatic heterocycles. The maximum atomic E-state index is 11.2. The fourth-order valence-corrected chi connectivity index (χ4v) is 3.49. The number of hydrogen-bond acceptors (Lipinski definition) is 4. The lowest BCUT2D eigenvalue weighted by molar-refractivity contribution is 0.1000. The van der Waals surface area contributed by atoms with Crippen molar-refractivity contribution in [3.63, 3.8) is 0 Å². The Morgan fingerprint density at radius 2 is 1.90 bits per heavy atom. The molecule has 0 radical (unpaired) electrons. The maximum Gasteiger partial charge on any atom is 0.250 e. The molecule has 3 rings (SSSR count). The molecular formula is C26H31N3O2. The number of nitrogens with zero attached hydrogens (tertiary/aromatic N) is 2. The van der Waals surface area contributed by atoms with Crippen LogP contribution in [0, 0.1) is 13.8 Å². The minimum atomic E-state index is -0.502. The number of pyridine rings is 1. The van der Waals surface area contributed by atoms with Gasteiger partial charge < -0.3 is 15.4 Å². The molecule has 0 aliphatic rings. The Morgan fingerprint density at radius 1 is 1.06 bits per heavy atom. The van der Waals surface area contributed by atoms with Gasteiger partial charge in [0.1, 0.15) is 5.75 Å². The molecule has 0 saturated heterocycles. The van der Waals surface area contributed by atoms with Crippen LogP contribution >= 0.6 is 0 Å². The highest BCUT2D eigenvalue weighted by atomic mass is 16.5. The van der Waals surface area contributed by atoms with Crippen molar-refractivity contribution in [2.45, 2.75) is 40.0 Å². The van der Waals surface area contributed by atoms with Crippen molar-refractivity contribution in [3.8, 4) is 11.6 Å². The van der Waals surface area contributed by atoms with Crippen molar-refractivity contribution in [1.29, 1.82) is 0 Å². The number of aryl methyl sites for hydroxylation is 2. The number of aromatic nitrogens is 1. The monoisotopic (exact) mass is 417 g/mol. The molecule has 5 nitrogen and oxygen atoms in total. The van der Waals surface area contributed by atoms with Gasteiger partial charge in [0.25, 0.3) is 0 Å². The zero-order valence-electron chi connectivity index (χ0n) is 18.6. The van der Waals surface area contributed by atoms with E-state index in [4.69, 9.17) is 10.5 Å². The van der Waals surface area contributed by atoms with E-state index in [9.17, 15) is 4.79 Å². The molecule has 31 heavy (non-hydrogen) atoms. The average molecular weight is 418 g/mol. The van der Waals surface area contributed by atoms with Crippen LogP contribution in [0.5, 0.6) is 11.6 Å². The van der Waals surface area contributed by atoms with E-state index < -0.39 is 5.91 Å². The van der Waals surface area contributed by atoms with E-state index in [2.05, 4.69) is 60.1 Å². The third kappa shape index (κ3) is 6.32. The highest BCUT2D eigenvalue weighted by Crippen LogP contribution is 2.25. The van der Waals surface area contributed by atoms with Crippen LogP contribution in [0.2, 0.25) is 0 Å². The number of anilines is 1. The molecule has 2 N–H and O–H groups in total. The molecule has 0 aliphatic carbocycles. The van der Waals surface area contributed by atoms with Gasteiger partial charge in [0.15, 0.2) is 0 Å². The van der Waals surface area contributed by atoms with Gasteiger partial charge in [-0.15, -0.1) is 0 Å². The maximum absolute atomic E-state index is 11.2. The summed E-state index contributed by atoms with van der Waals surface area (Å²) in [5.41, 5.74) is 10.5. The number of primary amides is 1. The molecule has 162 valence electrons. The first-order valence-electron chi connectivity index (χ1n) is 10.8. The number of rotatable bonds is 10. The third-order valence-corrected chi connectivity index (χ3v) is 5.29. The Kier molecular flexibility index (Phi) is 7.65. The van der Waals surface area contributed by atoms with Gasteiger partial charge in [-0.2, -0.15) is 0 Å². The summed E-state index contributed by atoms with van der Waals surface area (Å²) in [5.74, 6) is 0.689. The van der Waals surface area contributed by atoms with Crippen LogP contribution in [0.15, 0.2) is 60.8 Å². The van der Waals surface area contributed by atoms with E-state index >= 15 is 0 Å². The fourth-order valence-electron chi connectivity index (χ4n) is 3.49. The second-order valence-corrected chi connectivity index (χ2v) is 7.88. The molecule has 0 atom stereocenters. The van der Waals surface area contributed by atoms with E-state index in [0.29, 0.717) is 11.4 Å². The predicted molar refractivity (Wildman–Crippen MR) is 126 cm³/mol. The molecule has 3 aromatic rings. The van der Waals surface area contributed by atoms with Crippen LogP contribution in [0.1, 0.15) is 46.8 Å². The van der Waals surface area contributed by atoms with E-state index in [-0.39, 0.29) is 0 Å². The smallest absolute Gasteiger partial charge is 0.250 e. The van der Waals surface area contributed by atoms with Crippen molar-refractivity contribution >= 4 is 11.6 Å². The van der Waals surface area contributed by atoms with Crippen LogP contribution in [0.4, 0.5) is 5.69 Å². The molecule has 0 spiro atoms. The molecule has 0 bridgehead atoms. The van der Waals surface area contributed by atoms with Crippen molar-refractivity contribution in [3.05, 3.63) is 83.0 Å². The van der Waals surface area contributed by atoms with Crippen LogP contribution in [0.25, 0.3) is 0 Å². The van der Waals surface area contributed by atoms with Crippen LogP contribution in [-0.4, -0.2) is 24.0 Å². The van der Waals surface area contributed by atoms with E-state index in [1.807, 2.05) is 13.0 Å². The van der Waals surface area contributed by atoms with Crippen molar-refractivity contribution < 1.29 is 9.53 Å². The molecule has 0 unspecified atom stereocenters. The normalized spacial score (nSPS) is 10.7. The highest BCUT2D eigenvalue weighted by Gasteiger charge is 2.09. The topological polar surface area (TPSA) is 68.5 Å². The molecule has 1 heterocycles. The summed E-state index contributed by atoms with van der Waals surface area (Å²) in [7, 11) is 0. The quantitative estimate of drug-likeness (QED) is 0.477. The Labute approximate surface area is 184 Å². The van der Waals surface area contributed by atoms with Gasteiger partial charge >= 0.3 is 0 Å². The minimum Gasteiger partial charge on any atom is -0.439 e. The van der Waals surface area contributed by atoms with Crippen molar-refractivity contribution in [2.75, 3.05) is 18.0 Å². The molecule has 0 fully saturated rings. The summed E-state index contributed by atoms with van der Waals surface area (Å²) >= 11 is 0. The molecule has 1 aromatic heterocycles. The van der Waals surface area contributed by atoms with Gasteiger partial charge in [-0.3, -0.25) is 4.79 Å². The lowest BCUT2D eigenvalue weighted by Crippen LogP contribution is -2.27. The zero-order valence-corrected chi connectivity index (χ0v) is 18.6. The van der Waals surface area contributed by atoms with Gasteiger partial charge in [-0.1, -0.05) is 37.6 Å². The van der Waals surface area contributed by atoms with Gasteiger partial charge in [0.2, 0.25) is 11.8 Å². The number of hydrogen-bond donors (Lipinski definition) is 1. The molecule has 0 saturated carbocycles. The number of carbonyl (C=O) groups is 1. The summed E-state index contributed by atoms with van der Waals surface area (Å²) in [4.78, 5) is 17.8. The highest BCUT2D eigenvalue weighted by molar-refractivity contribution is 5.92. The number of benzene rings is 2. The fraction of sp³-hybridized carbons (Fsp3) is 0.308. The third-order valence-electron chi connectivity index (χ3n) is 5.29. The van der Waals surface area contributed by atoms with Crippen LogP contribution in [-0.2, 0) is 6.42 Å². The number of ether oxygens (including phenoxy) is 1. The summed E-state index contributed by atoms with van der Waals surface area (Å²) in [6, 6.07) is 18.2. The second kappa shape index (κ2) is 10.6. The summed E-state index contributed by atoms with van der Waals surface area (Å²) in [6.45, 7) is 8.44. The number of unbranched alkanes of at least 4 members (excludes halogenated alkanes) is 1. The molecule has 1 amide bonds. The lowest BCUT2D eigenvalue weighted by Gasteiger charge is -2.25. The van der Waals surface area contributed by atoms with Crippen molar-refractivity contribution in [1.82, 2.24) is 4.98 Å². The van der Waals surface area contributed by atoms with E-state index in [1.54, 1.807) is 12.1 Å². The Balaban J connectivity index is 1.66. The summed E-state index contributed by atoms with van der Waals surface area (Å²) < 4.78 is 5.89. The standard InChI is InChI=1S/C26H31N3O2/c1-4-5-14-29(23-8-6-7-19(2)16-23)15-13-21-9-11-24(20(3)17-21)31-25-12-10-22(18-28-25)26(27)30/h6-12,16-18H,4-5,13-15H2,1-3H3,(H2,27,30). The Bertz CT molecular complexity index is 1020. The van der Waals surface area contributed by atoms with E-state index in [1.165, 1.54) is 35.9 Å². The number of nitrogens with two attached hydrogens (primary N) is 1. The first-order valence-corrected chi connectivity index (χ1v) is 10.8. The molecule has 5 heteroatoms. The second-order valence-electron chi connectivity index (χ2n) is 7.88. The Morgan fingerprint density at radius 3 is 2.55 bits per heavy atom. The summed E-state index contributed by atoms with van der Waals surface area (Å²) in [5, 5.41) is 0. The molecular weight excluding hydrogens is 386 g/mol. The largest absolute Gasteiger partial charge is 0.439 e. The number of amides is 1. The van der Waals surface area contributed by atoms with Gasteiger partial charge in [0.05, 0.1) is 5.56 Å². The zero-order chi connectivity index (χ0) is 22.2. The van der Waals surface area contributed by atoms with Crippen LogP contribution < -0.4 is 15.4 Å². The van der Waals surface area contributed by atoms with Gasteiger partial charge in [-0.25, -0.2) is 4.98 Å². The first-order chi connectivity index (χ1) is 15.0.